The molecule has 2 aliphatic rings. The molecule has 0 aromatic carbocycles. The van der Waals surface area contributed by atoms with E-state index >= 15 is 0 Å². The van der Waals surface area contributed by atoms with Gasteiger partial charge in [0.15, 0.2) is 0 Å². The minimum absolute atomic E-state index is 0.427. The average molecular weight is 277 g/mol. The highest BCUT2D eigenvalue weighted by molar-refractivity contribution is 9.09. The van der Waals surface area contributed by atoms with Gasteiger partial charge in [-0.3, -0.25) is 9.80 Å². The minimum atomic E-state index is 0.427. The number of ether oxygens (including phenoxy) is 1. The van der Waals surface area contributed by atoms with E-state index in [9.17, 15) is 0 Å². The third-order valence-electron chi connectivity index (χ3n) is 3.35. The summed E-state index contributed by atoms with van der Waals surface area (Å²) in [6.45, 7) is 10.0. The maximum atomic E-state index is 5.81. The predicted molar refractivity (Wildman–Crippen MR) is 65.6 cm³/mol. The molecule has 0 spiro atoms. The molecule has 0 aliphatic carbocycles. The van der Waals surface area contributed by atoms with Crippen LogP contribution in [0.1, 0.15) is 13.3 Å². The summed E-state index contributed by atoms with van der Waals surface area (Å²) < 4.78 is 5.81. The number of alkyl halides is 1. The van der Waals surface area contributed by atoms with Crippen molar-refractivity contribution in [2.75, 3.05) is 45.9 Å². The van der Waals surface area contributed by atoms with Crippen molar-refractivity contribution in [3.05, 3.63) is 0 Å². The molecule has 0 radical (unpaired) electrons. The van der Waals surface area contributed by atoms with Gasteiger partial charge in [0.1, 0.15) is 0 Å². The van der Waals surface area contributed by atoms with E-state index in [2.05, 4.69) is 32.7 Å². The van der Waals surface area contributed by atoms with Crippen LogP contribution in [-0.2, 0) is 4.74 Å². The van der Waals surface area contributed by atoms with Gasteiger partial charge in [0.2, 0.25) is 0 Å². The highest BCUT2D eigenvalue weighted by atomic mass is 79.9. The first-order chi connectivity index (χ1) is 7.28. The Kier molecular flexibility index (Phi) is 4.43. The number of halogens is 1. The van der Waals surface area contributed by atoms with Crippen LogP contribution in [0.15, 0.2) is 0 Å². The van der Waals surface area contributed by atoms with Gasteiger partial charge in [-0.1, -0.05) is 22.9 Å². The van der Waals surface area contributed by atoms with Crippen LogP contribution in [0.25, 0.3) is 0 Å². The van der Waals surface area contributed by atoms with Crippen molar-refractivity contribution in [2.24, 2.45) is 0 Å². The fourth-order valence-electron chi connectivity index (χ4n) is 2.42. The summed E-state index contributed by atoms with van der Waals surface area (Å²) >= 11 is 3.68. The number of nitrogens with zero attached hydrogens (tertiary/aromatic N) is 2. The van der Waals surface area contributed by atoms with E-state index in [1.54, 1.807) is 0 Å². The Morgan fingerprint density at radius 2 is 2.13 bits per heavy atom. The van der Waals surface area contributed by atoms with Gasteiger partial charge < -0.3 is 4.74 Å². The van der Waals surface area contributed by atoms with Gasteiger partial charge in [-0.2, -0.15) is 0 Å². The van der Waals surface area contributed by atoms with Crippen molar-refractivity contribution in [1.82, 2.24) is 9.80 Å². The zero-order valence-corrected chi connectivity index (χ0v) is 11.1. The van der Waals surface area contributed by atoms with Crippen LogP contribution in [-0.4, -0.2) is 66.6 Å². The Hall–Kier alpha value is 0.360. The number of hydrogen-bond donors (Lipinski definition) is 0. The van der Waals surface area contributed by atoms with Crippen LogP contribution < -0.4 is 0 Å². The van der Waals surface area contributed by atoms with Gasteiger partial charge in [0.05, 0.1) is 12.7 Å². The fraction of sp³-hybridized carbons (Fsp3) is 1.00. The third-order valence-corrected chi connectivity index (χ3v) is 4.09. The van der Waals surface area contributed by atoms with Crippen LogP contribution in [0.3, 0.4) is 0 Å². The van der Waals surface area contributed by atoms with Gasteiger partial charge in [0, 0.05) is 31.0 Å². The second-order valence-electron chi connectivity index (χ2n) is 4.53. The molecule has 3 nitrogen and oxygen atoms in total. The molecule has 2 rings (SSSR count). The molecule has 88 valence electrons. The first-order valence-electron chi connectivity index (χ1n) is 5.98. The highest BCUT2D eigenvalue weighted by Gasteiger charge is 2.25. The quantitative estimate of drug-likeness (QED) is 0.720. The van der Waals surface area contributed by atoms with E-state index < -0.39 is 0 Å². The zero-order chi connectivity index (χ0) is 10.7. The molecule has 0 aromatic rings. The molecule has 0 amide bonds. The molecule has 2 fully saturated rings. The number of hydrogen-bond acceptors (Lipinski definition) is 3. The predicted octanol–water partition coefficient (Wildman–Crippen LogP) is 1.18. The summed E-state index contributed by atoms with van der Waals surface area (Å²) in [6.07, 6.45) is 1.71. The maximum absolute atomic E-state index is 5.81. The summed E-state index contributed by atoms with van der Waals surface area (Å²) in [7, 11) is 0. The van der Waals surface area contributed by atoms with E-state index in [4.69, 9.17) is 4.74 Å². The second kappa shape index (κ2) is 5.62. The lowest BCUT2D eigenvalue weighted by atomic mass is 10.2. The van der Waals surface area contributed by atoms with Crippen molar-refractivity contribution in [1.29, 1.82) is 0 Å². The molecule has 2 atom stereocenters. The van der Waals surface area contributed by atoms with E-state index in [1.807, 2.05) is 0 Å². The first-order valence-corrected chi connectivity index (χ1v) is 6.90. The number of likely N-dealkylation sites (N-methyl/N-ethyl adjacent to an activating group) is 1. The third kappa shape index (κ3) is 3.41. The Morgan fingerprint density at radius 3 is 2.80 bits per heavy atom. The average Bonchev–Trinajstić information content (AvgIpc) is 2.64. The molecule has 0 saturated carbocycles. The van der Waals surface area contributed by atoms with Crippen molar-refractivity contribution >= 4 is 15.9 Å². The van der Waals surface area contributed by atoms with Crippen LogP contribution in [0, 0.1) is 0 Å². The van der Waals surface area contributed by atoms with E-state index in [1.165, 1.54) is 19.5 Å². The summed E-state index contributed by atoms with van der Waals surface area (Å²) in [4.78, 5) is 5.70. The van der Waals surface area contributed by atoms with Gasteiger partial charge >= 0.3 is 0 Å². The second-order valence-corrected chi connectivity index (χ2v) is 5.83. The molecule has 2 aliphatic heterocycles. The van der Waals surface area contributed by atoms with Crippen LogP contribution >= 0.6 is 15.9 Å². The molecular formula is C11H21BrN2O. The molecule has 4 heteroatoms. The van der Waals surface area contributed by atoms with Crippen molar-refractivity contribution < 1.29 is 4.74 Å². The zero-order valence-electron chi connectivity index (χ0n) is 9.49. The smallest absolute Gasteiger partial charge is 0.0829 e. The lowest BCUT2D eigenvalue weighted by Crippen LogP contribution is -2.47. The Morgan fingerprint density at radius 1 is 1.27 bits per heavy atom. The van der Waals surface area contributed by atoms with Crippen LogP contribution in [0.5, 0.6) is 0 Å². The van der Waals surface area contributed by atoms with E-state index in [0.29, 0.717) is 10.9 Å². The summed E-state index contributed by atoms with van der Waals surface area (Å²) in [5.74, 6) is 0. The number of likely N-dealkylation sites (tertiary alicyclic amines) is 1. The largest absolute Gasteiger partial charge is 0.374 e. The molecule has 2 unspecified atom stereocenters. The standard InChI is InChI=1S/C11H21BrN2O/c1-2-13-5-6-15-11(8-13)9-14-4-3-10(12)7-14/h10-11H,2-9H2,1H3. The molecular weight excluding hydrogens is 256 g/mol. The molecule has 2 saturated heterocycles. The lowest BCUT2D eigenvalue weighted by molar-refractivity contribution is -0.0391. The Balaban J connectivity index is 1.74. The Bertz CT molecular complexity index is 203. The minimum Gasteiger partial charge on any atom is -0.374 e. The fourth-order valence-corrected chi connectivity index (χ4v) is 3.03. The summed E-state index contributed by atoms with van der Waals surface area (Å²) in [6, 6.07) is 0. The monoisotopic (exact) mass is 276 g/mol. The van der Waals surface area contributed by atoms with Crippen LogP contribution in [0.4, 0.5) is 0 Å². The summed E-state index contributed by atoms with van der Waals surface area (Å²) in [5.41, 5.74) is 0. The van der Waals surface area contributed by atoms with Crippen molar-refractivity contribution in [2.45, 2.75) is 24.3 Å². The van der Waals surface area contributed by atoms with E-state index in [0.717, 1.165) is 32.8 Å². The van der Waals surface area contributed by atoms with Crippen molar-refractivity contribution in [3.8, 4) is 0 Å². The maximum Gasteiger partial charge on any atom is 0.0829 e. The Labute approximate surface area is 101 Å². The molecule has 15 heavy (non-hydrogen) atoms. The lowest BCUT2D eigenvalue weighted by Gasteiger charge is -2.34. The molecule has 2 heterocycles. The molecule has 0 aromatic heterocycles. The molecule has 0 bridgehead atoms. The first kappa shape index (κ1) is 11.8. The molecule has 0 N–H and O–H groups in total. The van der Waals surface area contributed by atoms with Crippen molar-refractivity contribution in [3.63, 3.8) is 0 Å². The van der Waals surface area contributed by atoms with Gasteiger partial charge in [0.25, 0.3) is 0 Å². The normalized spacial score (nSPS) is 34.8. The van der Waals surface area contributed by atoms with Gasteiger partial charge in [-0.15, -0.1) is 0 Å². The number of rotatable bonds is 3. The van der Waals surface area contributed by atoms with Crippen LogP contribution in [0.2, 0.25) is 0 Å². The number of morpholine rings is 1. The highest BCUT2D eigenvalue weighted by Crippen LogP contribution is 2.17. The van der Waals surface area contributed by atoms with Gasteiger partial charge in [-0.25, -0.2) is 0 Å². The SMILES string of the molecule is CCN1CCOC(CN2CCC(Br)C2)C1. The topological polar surface area (TPSA) is 15.7 Å². The summed E-state index contributed by atoms with van der Waals surface area (Å²) in [5, 5.41) is 0. The van der Waals surface area contributed by atoms with Gasteiger partial charge in [-0.05, 0) is 19.5 Å². The van der Waals surface area contributed by atoms with E-state index in [-0.39, 0.29) is 0 Å².